The van der Waals surface area contributed by atoms with Crippen LogP contribution in [0.1, 0.15) is 0 Å². The van der Waals surface area contributed by atoms with E-state index >= 15 is 0 Å². The van der Waals surface area contributed by atoms with Crippen molar-refractivity contribution in [1.29, 1.82) is 0 Å². The summed E-state index contributed by atoms with van der Waals surface area (Å²) in [5, 5.41) is 0. The monoisotopic (exact) mass is 258 g/mol. The standard InChI is InChI=1S/Al.H4Si.H2Te.Zn.3H/h;1H4;1H2;;;;. The smallest absolute Gasteiger partial charge is 0 e. The van der Waals surface area contributed by atoms with Gasteiger partial charge < -0.3 is 0 Å². The molecule has 0 spiro atoms. The van der Waals surface area contributed by atoms with E-state index in [1.54, 1.807) is 0 Å². The van der Waals surface area contributed by atoms with E-state index in [9.17, 15) is 0 Å². The van der Waals surface area contributed by atoms with E-state index < -0.39 is 0 Å². The second-order valence-electron chi connectivity index (χ2n) is 0. The van der Waals surface area contributed by atoms with E-state index in [1.165, 1.54) is 0 Å². The number of hydrogen-bond donors (Lipinski definition) is 0. The van der Waals surface area contributed by atoms with Crippen LogP contribution in [-0.2, 0) is 19.5 Å². The van der Waals surface area contributed by atoms with E-state index in [0.717, 1.165) is 0 Å². The molecule has 0 saturated carbocycles. The van der Waals surface area contributed by atoms with Gasteiger partial charge in [0, 0.05) is 19.5 Å². The van der Waals surface area contributed by atoms with Crippen molar-refractivity contribution in [3.8, 4) is 0 Å². The molecular weight excluding hydrogens is 248 g/mol. The molecule has 0 nitrogen and oxygen atoms in total. The molecule has 0 rings (SSSR count). The van der Waals surface area contributed by atoms with Crippen LogP contribution in [0.4, 0.5) is 0 Å². The minimum Gasteiger partial charge on any atom is 0 e. The summed E-state index contributed by atoms with van der Waals surface area (Å²) in [6.45, 7) is 0. The van der Waals surface area contributed by atoms with Crippen molar-refractivity contribution in [2.75, 3.05) is 0 Å². The summed E-state index contributed by atoms with van der Waals surface area (Å²) >= 11 is 0. The Labute approximate surface area is 70.7 Å². The summed E-state index contributed by atoms with van der Waals surface area (Å²) in [5.41, 5.74) is 0. The molecule has 0 aliphatic carbocycles. The van der Waals surface area contributed by atoms with Gasteiger partial charge in [-0.25, -0.2) is 0 Å². The molecule has 0 aliphatic heterocycles. The Morgan fingerprint density at radius 1 is 1.00 bits per heavy atom. The molecular formula is H9AlSiTeZn. The Morgan fingerprint density at radius 3 is 1.00 bits per heavy atom. The van der Waals surface area contributed by atoms with Crippen LogP contribution in [-0.4, -0.2) is 52.0 Å². The third kappa shape index (κ3) is 8.90. The number of hydrogen-bond acceptors (Lipinski definition) is 0. The first-order valence-electron chi connectivity index (χ1n) is 0. The maximum Gasteiger partial charge on any atom is 0 e. The van der Waals surface area contributed by atoms with Gasteiger partial charge in [-0.3, -0.25) is 0 Å². The zero-order valence-corrected chi connectivity index (χ0v) is 7.03. The molecule has 0 fully saturated rings. The Balaban J connectivity index is 0. The van der Waals surface area contributed by atoms with E-state index in [4.69, 9.17) is 0 Å². The van der Waals surface area contributed by atoms with Crippen molar-refractivity contribution in [3.05, 3.63) is 0 Å². The molecule has 0 radical (unpaired) electrons. The summed E-state index contributed by atoms with van der Waals surface area (Å²) < 4.78 is 0. The normalized spacial score (nSPS) is 0. The predicted molar refractivity (Wildman–Crippen MR) is 29.8 cm³/mol. The van der Waals surface area contributed by atoms with Crippen molar-refractivity contribution >= 4 is 52.0 Å². The second-order valence-corrected chi connectivity index (χ2v) is 0. The van der Waals surface area contributed by atoms with Crippen LogP contribution in [0.15, 0.2) is 0 Å². The van der Waals surface area contributed by atoms with Crippen molar-refractivity contribution in [2.24, 2.45) is 0 Å². The van der Waals surface area contributed by atoms with Crippen LogP contribution >= 0.6 is 0 Å². The fourth-order valence-electron chi connectivity index (χ4n) is 0. The maximum atomic E-state index is 0. The van der Waals surface area contributed by atoms with Crippen LogP contribution in [0.25, 0.3) is 0 Å². The van der Waals surface area contributed by atoms with Crippen molar-refractivity contribution in [2.45, 2.75) is 0 Å². The molecule has 0 amide bonds. The van der Waals surface area contributed by atoms with Gasteiger partial charge in [0.25, 0.3) is 0 Å². The van der Waals surface area contributed by atoms with Gasteiger partial charge in [-0.1, -0.05) is 0 Å². The summed E-state index contributed by atoms with van der Waals surface area (Å²) in [5.74, 6) is 0. The molecule has 0 atom stereocenters. The fraction of sp³-hybridized carbons (Fsp3) is 0. The second kappa shape index (κ2) is 19.1. The third-order valence-corrected chi connectivity index (χ3v) is 0. The van der Waals surface area contributed by atoms with Gasteiger partial charge >= 0.3 is 23.7 Å². The van der Waals surface area contributed by atoms with E-state index in [1.807, 2.05) is 0 Å². The molecule has 4 heteroatoms. The van der Waals surface area contributed by atoms with Crippen molar-refractivity contribution in [1.82, 2.24) is 0 Å². The molecule has 0 aromatic heterocycles. The summed E-state index contributed by atoms with van der Waals surface area (Å²) in [6.07, 6.45) is 0. The van der Waals surface area contributed by atoms with Crippen LogP contribution in [0.5, 0.6) is 0 Å². The first-order valence-corrected chi connectivity index (χ1v) is 0. The molecule has 0 saturated heterocycles. The van der Waals surface area contributed by atoms with Crippen LogP contribution in [0.3, 0.4) is 0 Å². The Morgan fingerprint density at radius 2 is 1.00 bits per heavy atom. The molecule has 0 aromatic rings. The van der Waals surface area contributed by atoms with Gasteiger partial charge in [0.05, 0.1) is 0 Å². The van der Waals surface area contributed by atoms with E-state index in [2.05, 4.69) is 0 Å². The Kier molecular flexibility index (Phi) is 168. The summed E-state index contributed by atoms with van der Waals surface area (Å²) in [7, 11) is 0. The molecule has 24 valence electrons. The molecule has 0 aromatic carbocycles. The minimum atomic E-state index is 0. The maximum absolute atomic E-state index is 0. The minimum absolute atomic E-state index is 0. The third-order valence-electron chi connectivity index (χ3n) is 0. The molecule has 0 N–H and O–H groups in total. The van der Waals surface area contributed by atoms with Gasteiger partial charge in [0.15, 0.2) is 17.4 Å². The Hall–Kier alpha value is 2.16. The van der Waals surface area contributed by atoms with Crippen LogP contribution in [0.2, 0.25) is 0 Å². The summed E-state index contributed by atoms with van der Waals surface area (Å²) in [6, 6.07) is 0. The SMILES string of the molecule is [AlH3].[SiH4].[TeH2].[Zn]. The quantitative estimate of drug-likeness (QED) is 0.394. The molecule has 0 heterocycles. The molecule has 0 aliphatic rings. The van der Waals surface area contributed by atoms with Gasteiger partial charge in [0.1, 0.15) is 0 Å². The fourth-order valence-corrected chi connectivity index (χ4v) is 0. The predicted octanol–water partition coefficient (Wildman–Crippen LogP) is -3.55. The van der Waals surface area contributed by atoms with Gasteiger partial charge in [-0.05, 0) is 11.0 Å². The topological polar surface area (TPSA) is 0 Å². The van der Waals surface area contributed by atoms with E-state index in [0.29, 0.717) is 0 Å². The largest absolute Gasteiger partial charge is 0 e. The molecule has 0 unspecified atom stereocenters. The van der Waals surface area contributed by atoms with Crippen LogP contribution in [0, 0.1) is 0 Å². The average Bonchev–Trinajstić information content (AvgIpc) is 0. The van der Waals surface area contributed by atoms with Gasteiger partial charge in [-0.2, -0.15) is 0 Å². The van der Waals surface area contributed by atoms with Crippen LogP contribution < -0.4 is 0 Å². The number of rotatable bonds is 0. The van der Waals surface area contributed by atoms with Gasteiger partial charge in [-0.15, -0.1) is 0 Å². The van der Waals surface area contributed by atoms with Crippen molar-refractivity contribution in [3.63, 3.8) is 0 Å². The van der Waals surface area contributed by atoms with Gasteiger partial charge in [0.2, 0.25) is 0 Å². The van der Waals surface area contributed by atoms with E-state index in [-0.39, 0.29) is 71.5 Å². The average molecular weight is 257 g/mol. The first-order chi connectivity index (χ1) is 0. The first kappa shape index (κ1) is 35.1. The summed E-state index contributed by atoms with van der Waals surface area (Å²) in [4.78, 5) is 0. The molecule has 0 bridgehead atoms. The van der Waals surface area contributed by atoms with Crippen molar-refractivity contribution < 1.29 is 19.5 Å². The molecule has 4 heavy (non-hydrogen) atoms. The zero-order valence-electron chi connectivity index (χ0n) is 1.21. The Bertz CT molecular complexity index is 8.00. The zero-order chi connectivity index (χ0) is 0.